The molecule has 76 valence electrons. The second-order valence-corrected chi connectivity index (χ2v) is 3.55. The monoisotopic (exact) mass is 198 g/mol. The highest BCUT2D eigenvalue weighted by molar-refractivity contribution is 5.84. The van der Waals surface area contributed by atoms with E-state index in [0.717, 1.165) is 17.5 Å². The molecule has 0 unspecified atom stereocenters. The highest BCUT2D eigenvalue weighted by Gasteiger charge is 2.08. The number of nitrogens with two attached hydrogens (primary N) is 1. The van der Waals surface area contributed by atoms with Gasteiger partial charge in [0.05, 0.1) is 11.7 Å². The number of aromatic nitrogens is 1. The third-order valence-corrected chi connectivity index (χ3v) is 2.48. The van der Waals surface area contributed by atoms with Gasteiger partial charge in [-0.25, -0.2) is 0 Å². The van der Waals surface area contributed by atoms with E-state index >= 15 is 0 Å². The van der Waals surface area contributed by atoms with Gasteiger partial charge in [-0.05, 0) is 17.9 Å². The first kappa shape index (κ1) is 9.87. The van der Waals surface area contributed by atoms with Gasteiger partial charge in [0, 0.05) is 11.6 Å². The van der Waals surface area contributed by atoms with Crippen molar-refractivity contribution in [2.45, 2.75) is 12.5 Å². The zero-order valence-electron chi connectivity index (χ0n) is 8.56. The summed E-state index contributed by atoms with van der Waals surface area (Å²) in [5.74, 6) is 0. The lowest BCUT2D eigenvalue weighted by Crippen LogP contribution is -2.11. The lowest BCUT2D eigenvalue weighted by Gasteiger charge is -2.11. The summed E-state index contributed by atoms with van der Waals surface area (Å²) >= 11 is 0. The van der Waals surface area contributed by atoms with Crippen LogP contribution in [0.5, 0.6) is 0 Å². The summed E-state index contributed by atoms with van der Waals surface area (Å²) in [5, 5.41) is 2.32. The van der Waals surface area contributed by atoms with Crippen LogP contribution in [-0.4, -0.2) is 4.98 Å². The second kappa shape index (κ2) is 4.24. The van der Waals surface area contributed by atoms with E-state index in [1.165, 1.54) is 5.39 Å². The van der Waals surface area contributed by atoms with Crippen LogP contribution in [0.4, 0.5) is 0 Å². The summed E-state index contributed by atoms with van der Waals surface area (Å²) < 4.78 is 0. The van der Waals surface area contributed by atoms with Gasteiger partial charge in [-0.15, -0.1) is 6.58 Å². The average Bonchev–Trinajstić information content (AvgIpc) is 2.28. The Labute approximate surface area is 89.4 Å². The Balaban J connectivity index is 2.55. The predicted octanol–water partition coefficient (Wildman–Crippen LogP) is 2.81. The van der Waals surface area contributed by atoms with E-state index in [0.29, 0.717) is 0 Å². The van der Waals surface area contributed by atoms with Crippen molar-refractivity contribution in [1.29, 1.82) is 0 Å². The Bertz CT molecular complexity index is 471. The topological polar surface area (TPSA) is 38.9 Å². The summed E-state index contributed by atoms with van der Waals surface area (Å²) in [4.78, 5) is 4.35. The smallest absolute Gasteiger partial charge is 0.0652 e. The van der Waals surface area contributed by atoms with Gasteiger partial charge in [0.2, 0.25) is 0 Å². The molecule has 2 rings (SSSR count). The van der Waals surface area contributed by atoms with Crippen molar-refractivity contribution >= 4 is 10.8 Å². The normalized spacial score (nSPS) is 12.6. The van der Waals surface area contributed by atoms with Gasteiger partial charge in [0.1, 0.15) is 0 Å². The van der Waals surface area contributed by atoms with Gasteiger partial charge in [-0.2, -0.15) is 0 Å². The maximum atomic E-state index is 6.04. The standard InChI is InChI=1S/C13H14N2/c1-2-5-12(14)13-11-7-4-3-6-10(11)8-9-15-13/h2-4,6-9,12H,1,5,14H2/t12-/m0/s1. The second-order valence-electron chi connectivity index (χ2n) is 3.55. The molecule has 0 saturated heterocycles. The Kier molecular flexibility index (Phi) is 2.79. The molecule has 0 aliphatic rings. The van der Waals surface area contributed by atoms with Crippen LogP contribution in [0.2, 0.25) is 0 Å². The Hall–Kier alpha value is -1.67. The number of fused-ring (bicyclic) bond motifs is 1. The molecule has 0 spiro atoms. The van der Waals surface area contributed by atoms with E-state index < -0.39 is 0 Å². The number of nitrogens with zero attached hydrogens (tertiary/aromatic N) is 1. The summed E-state index contributed by atoms with van der Waals surface area (Å²) in [5.41, 5.74) is 6.99. The molecule has 2 heteroatoms. The molecule has 2 N–H and O–H groups in total. The predicted molar refractivity (Wildman–Crippen MR) is 63.5 cm³/mol. The van der Waals surface area contributed by atoms with Crippen molar-refractivity contribution in [3.8, 4) is 0 Å². The SMILES string of the molecule is C=CC[C@H](N)c1nccc2ccccc12. The molecule has 15 heavy (non-hydrogen) atoms. The summed E-state index contributed by atoms with van der Waals surface area (Å²) in [6.07, 6.45) is 4.38. The summed E-state index contributed by atoms with van der Waals surface area (Å²) in [6.45, 7) is 3.70. The van der Waals surface area contributed by atoms with Gasteiger partial charge in [0.25, 0.3) is 0 Å². The van der Waals surface area contributed by atoms with Crippen molar-refractivity contribution in [3.05, 3.63) is 54.9 Å². The van der Waals surface area contributed by atoms with E-state index in [4.69, 9.17) is 5.73 Å². The molecular weight excluding hydrogens is 184 g/mol. The van der Waals surface area contributed by atoms with Crippen molar-refractivity contribution < 1.29 is 0 Å². The van der Waals surface area contributed by atoms with Crippen LogP contribution in [0.3, 0.4) is 0 Å². The van der Waals surface area contributed by atoms with E-state index in [1.807, 2.05) is 24.3 Å². The molecule has 1 aromatic heterocycles. The lowest BCUT2D eigenvalue weighted by atomic mass is 10.0. The van der Waals surface area contributed by atoms with Gasteiger partial charge in [-0.1, -0.05) is 30.3 Å². The molecule has 1 heterocycles. The lowest BCUT2D eigenvalue weighted by molar-refractivity contribution is 0.722. The molecule has 0 fully saturated rings. The molecule has 0 amide bonds. The molecule has 0 bridgehead atoms. The number of rotatable bonds is 3. The molecule has 1 aromatic carbocycles. The van der Waals surface area contributed by atoms with Crippen molar-refractivity contribution in [3.63, 3.8) is 0 Å². The largest absolute Gasteiger partial charge is 0.322 e. The third kappa shape index (κ3) is 1.90. The fraction of sp³-hybridized carbons (Fsp3) is 0.154. The van der Waals surface area contributed by atoms with Crippen LogP contribution in [-0.2, 0) is 0 Å². The van der Waals surface area contributed by atoms with Crippen LogP contribution in [0.25, 0.3) is 10.8 Å². The molecule has 2 nitrogen and oxygen atoms in total. The van der Waals surface area contributed by atoms with Gasteiger partial charge in [0.15, 0.2) is 0 Å². The maximum Gasteiger partial charge on any atom is 0.0652 e. The number of hydrogen-bond donors (Lipinski definition) is 1. The first-order valence-corrected chi connectivity index (χ1v) is 5.03. The van der Waals surface area contributed by atoms with E-state index in [9.17, 15) is 0 Å². The third-order valence-electron chi connectivity index (χ3n) is 2.48. The van der Waals surface area contributed by atoms with E-state index in [-0.39, 0.29) is 6.04 Å². The average molecular weight is 198 g/mol. The molecule has 0 aliphatic carbocycles. The molecule has 2 aromatic rings. The minimum atomic E-state index is -0.0615. The zero-order valence-corrected chi connectivity index (χ0v) is 8.56. The fourth-order valence-corrected chi connectivity index (χ4v) is 1.73. The minimum absolute atomic E-state index is 0.0615. The van der Waals surface area contributed by atoms with Crippen LogP contribution in [0.15, 0.2) is 49.2 Å². The number of pyridine rings is 1. The highest BCUT2D eigenvalue weighted by atomic mass is 14.8. The van der Waals surface area contributed by atoms with Crippen molar-refractivity contribution in [2.75, 3.05) is 0 Å². The number of benzene rings is 1. The Morgan fingerprint density at radius 3 is 2.93 bits per heavy atom. The quantitative estimate of drug-likeness (QED) is 0.770. The minimum Gasteiger partial charge on any atom is -0.322 e. The maximum absolute atomic E-state index is 6.04. The van der Waals surface area contributed by atoms with E-state index in [2.05, 4.69) is 23.7 Å². The molecule has 0 saturated carbocycles. The molecule has 1 atom stereocenters. The molecule has 0 radical (unpaired) electrons. The van der Waals surface area contributed by atoms with Crippen molar-refractivity contribution in [1.82, 2.24) is 4.98 Å². The molecular formula is C13H14N2. The first-order valence-electron chi connectivity index (χ1n) is 5.03. The summed E-state index contributed by atoms with van der Waals surface area (Å²) in [6, 6.07) is 10.1. The van der Waals surface area contributed by atoms with Gasteiger partial charge >= 0.3 is 0 Å². The molecule has 0 aliphatic heterocycles. The van der Waals surface area contributed by atoms with Crippen LogP contribution in [0.1, 0.15) is 18.2 Å². The zero-order chi connectivity index (χ0) is 10.7. The van der Waals surface area contributed by atoms with Crippen LogP contribution >= 0.6 is 0 Å². The Morgan fingerprint density at radius 1 is 1.33 bits per heavy atom. The van der Waals surface area contributed by atoms with Crippen LogP contribution in [0, 0.1) is 0 Å². The van der Waals surface area contributed by atoms with Crippen LogP contribution < -0.4 is 5.73 Å². The van der Waals surface area contributed by atoms with Gasteiger partial charge in [-0.3, -0.25) is 4.98 Å². The Morgan fingerprint density at radius 2 is 2.13 bits per heavy atom. The highest BCUT2D eigenvalue weighted by Crippen LogP contribution is 2.22. The number of hydrogen-bond acceptors (Lipinski definition) is 2. The first-order chi connectivity index (χ1) is 7.33. The summed E-state index contributed by atoms with van der Waals surface area (Å²) in [7, 11) is 0. The fourth-order valence-electron chi connectivity index (χ4n) is 1.73. The van der Waals surface area contributed by atoms with E-state index in [1.54, 1.807) is 6.20 Å². The van der Waals surface area contributed by atoms with Gasteiger partial charge < -0.3 is 5.73 Å². The van der Waals surface area contributed by atoms with Crippen molar-refractivity contribution in [2.24, 2.45) is 5.73 Å².